The molecule has 0 aliphatic carbocycles. The van der Waals surface area contributed by atoms with E-state index in [2.05, 4.69) is 5.32 Å². The molecule has 1 fully saturated rings. The lowest BCUT2D eigenvalue weighted by Gasteiger charge is -2.25. The SMILES string of the molecule is O=C(CSc1ccccc1)NC1CCCCN(Cc2ccc(Cl)cc2)C1=O. The highest BCUT2D eigenvalue weighted by atomic mass is 35.5. The number of benzene rings is 2. The quantitative estimate of drug-likeness (QED) is 0.739. The molecule has 1 aliphatic rings. The van der Waals surface area contributed by atoms with Crippen molar-refractivity contribution < 1.29 is 9.59 Å². The Morgan fingerprint density at radius 1 is 1.11 bits per heavy atom. The van der Waals surface area contributed by atoms with Gasteiger partial charge in [-0.3, -0.25) is 9.59 Å². The summed E-state index contributed by atoms with van der Waals surface area (Å²) in [6.07, 6.45) is 2.57. The van der Waals surface area contributed by atoms with E-state index in [1.165, 1.54) is 11.8 Å². The first kappa shape index (κ1) is 19.8. The predicted octanol–water partition coefficient (Wildman–Crippen LogP) is 4.13. The van der Waals surface area contributed by atoms with E-state index in [1.807, 2.05) is 59.5 Å². The van der Waals surface area contributed by atoms with Crippen LogP contribution in [0.5, 0.6) is 0 Å². The van der Waals surface area contributed by atoms with Crippen LogP contribution in [0.4, 0.5) is 0 Å². The second-order valence-corrected chi connectivity index (χ2v) is 8.09. The summed E-state index contributed by atoms with van der Waals surface area (Å²) in [6.45, 7) is 1.26. The highest BCUT2D eigenvalue weighted by Gasteiger charge is 2.28. The van der Waals surface area contributed by atoms with Crippen molar-refractivity contribution in [3.63, 3.8) is 0 Å². The Hall–Kier alpha value is -1.98. The summed E-state index contributed by atoms with van der Waals surface area (Å²) in [5, 5.41) is 3.61. The van der Waals surface area contributed by atoms with Gasteiger partial charge in [-0.25, -0.2) is 0 Å². The minimum Gasteiger partial charge on any atom is -0.344 e. The number of hydrogen-bond donors (Lipinski definition) is 1. The maximum atomic E-state index is 12.9. The van der Waals surface area contributed by atoms with Gasteiger partial charge in [0.1, 0.15) is 6.04 Å². The zero-order valence-corrected chi connectivity index (χ0v) is 16.6. The zero-order chi connectivity index (χ0) is 19.1. The standard InChI is InChI=1S/C21H23ClN2O2S/c22-17-11-9-16(10-12-17)14-24-13-5-4-8-19(21(24)26)23-20(25)15-27-18-6-2-1-3-7-18/h1-3,6-7,9-12,19H,4-5,8,13-15H2,(H,23,25). The molecule has 0 spiro atoms. The molecule has 3 rings (SSSR count). The molecule has 2 aromatic rings. The third kappa shape index (κ3) is 6.01. The van der Waals surface area contributed by atoms with Gasteiger partial charge in [0.05, 0.1) is 5.75 Å². The van der Waals surface area contributed by atoms with Crippen LogP contribution < -0.4 is 5.32 Å². The van der Waals surface area contributed by atoms with Gasteiger partial charge < -0.3 is 10.2 Å². The molecule has 1 heterocycles. The van der Waals surface area contributed by atoms with E-state index < -0.39 is 6.04 Å². The molecule has 2 amide bonds. The van der Waals surface area contributed by atoms with E-state index in [0.29, 0.717) is 30.3 Å². The van der Waals surface area contributed by atoms with Crippen molar-refractivity contribution in [3.05, 3.63) is 65.2 Å². The summed E-state index contributed by atoms with van der Waals surface area (Å²) in [5.74, 6) is 0.210. The molecular weight excluding hydrogens is 380 g/mol. The Morgan fingerprint density at radius 2 is 1.85 bits per heavy atom. The summed E-state index contributed by atoms with van der Waals surface area (Å²) in [7, 11) is 0. The fourth-order valence-electron chi connectivity index (χ4n) is 3.11. The average Bonchev–Trinajstić information content (AvgIpc) is 2.85. The summed E-state index contributed by atoms with van der Waals surface area (Å²) < 4.78 is 0. The van der Waals surface area contributed by atoms with E-state index in [-0.39, 0.29) is 11.8 Å². The van der Waals surface area contributed by atoms with Crippen LogP contribution in [0.15, 0.2) is 59.5 Å². The lowest BCUT2D eigenvalue weighted by molar-refractivity contribution is -0.136. The Labute approximate surface area is 169 Å². The van der Waals surface area contributed by atoms with Crippen LogP contribution in [0.1, 0.15) is 24.8 Å². The summed E-state index contributed by atoms with van der Waals surface area (Å²) >= 11 is 7.41. The van der Waals surface area contributed by atoms with Crippen LogP contribution in [0.3, 0.4) is 0 Å². The average molecular weight is 403 g/mol. The maximum Gasteiger partial charge on any atom is 0.245 e. The Kier molecular flexibility index (Phi) is 7.18. The Balaban J connectivity index is 1.56. The fourth-order valence-corrected chi connectivity index (χ4v) is 3.96. The first-order chi connectivity index (χ1) is 13.1. The van der Waals surface area contributed by atoms with E-state index in [0.717, 1.165) is 23.3 Å². The number of amides is 2. The maximum absolute atomic E-state index is 12.9. The number of likely N-dealkylation sites (tertiary alicyclic amines) is 1. The molecule has 142 valence electrons. The molecule has 4 nitrogen and oxygen atoms in total. The lowest BCUT2D eigenvalue weighted by Crippen LogP contribution is -2.47. The normalized spacial score (nSPS) is 17.4. The Morgan fingerprint density at radius 3 is 2.59 bits per heavy atom. The minimum atomic E-state index is -0.441. The van der Waals surface area contributed by atoms with Crippen molar-refractivity contribution in [2.45, 2.75) is 36.7 Å². The smallest absolute Gasteiger partial charge is 0.245 e. The van der Waals surface area contributed by atoms with Crippen LogP contribution in [0, 0.1) is 0 Å². The molecule has 1 aliphatic heterocycles. The van der Waals surface area contributed by atoms with Gasteiger partial charge in [0, 0.05) is 23.0 Å². The number of rotatable bonds is 6. The van der Waals surface area contributed by atoms with Crippen molar-refractivity contribution in [2.75, 3.05) is 12.3 Å². The third-order valence-electron chi connectivity index (χ3n) is 4.52. The second kappa shape index (κ2) is 9.81. The number of nitrogens with zero attached hydrogens (tertiary/aromatic N) is 1. The molecule has 0 radical (unpaired) electrons. The van der Waals surface area contributed by atoms with Gasteiger partial charge in [-0.15, -0.1) is 11.8 Å². The Bertz CT molecular complexity index is 768. The molecule has 6 heteroatoms. The largest absolute Gasteiger partial charge is 0.344 e. The first-order valence-corrected chi connectivity index (χ1v) is 10.5. The number of carbonyl (C=O) groups excluding carboxylic acids is 2. The molecule has 1 unspecified atom stereocenters. The lowest BCUT2D eigenvalue weighted by atomic mass is 10.1. The van der Waals surface area contributed by atoms with Gasteiger partial charge in [0.25, 0.3) is 0 Å². The van der Waals surface area contributed by atoms with E-state index in [1.54, 1.807) is 0 Å². The van der Waals surface area contributed by atoms with Crippen LogP contribution in [0.25, 0.3) is 0 Å². The van der Waals surface area contributed by atoms with Crippen LogP contribution >= 0.6 is 23.4 Å². The number of halogens is 1. The number of nitrogens with one attached hydrogen (secondary N) is 1. The van der Waals surface area contributed by atoms with E-state index >= 15 is 0 Å². The van der Waals surface area contributed by atoms with Gasteiger partial charge in [-0.05, 0) is 49.1 Å². The molecule has 0 saturated carbocycles. The molecule has 0 aromatic heterocycles. The van der Waals surface area contributed by atoms with Crippen LogP contribution in [0.2, 0.25) is 5.02 Å². The van der Waals surface area contributed by atoms with Crippen molar-refractivity contribution in [2.24, 2.45) is 0 Å². The van der Waals surface area contributed by atoms with Gasteiger partial charge in [0.15, 0.2) is 0 Å². The highest BCUT2D eigenvalue weighted by Crippen LogP contribution is 2.19. The van der Waals surface area contributed by atoms with Crippen LogP contribution in [-0.2, 0) is 16.1 Å². The van der Waals surface area contributed by atoms with Crippen molar-refractivity contribution >= 4 is 35.2 Å². The van der Waals surface area contributed by atoms with Crippen molar-refractivity contribution in [3.8, 4) is 0 Å². The van der Waals surface area contributed by atoms with Gasteiger partial charge >= 0.3 is 0 Å². The molecule has 2 aromatic carbocycles. The fraction of sp³-hybridized carbons (Fsp3) is 0.333. The molecule has 27 heavy (non-hydrogen) atoms. The van der Waals surface area contributed by atoms with Crippen LogP contribution in [-0.4, -0.2) is 35.1 Å². The monoisotopic (exact) mass is 402 g/mol. The topological polar surface area (TPSA) is 49.4 Å². The van der Waals surface area contributed by atoms with Gasteiger partial charge in [0.2, 0.25) is 11.8 Å². The molecule has 1 N–H and O–H groups in total. The van der Waals surface area contributed by atoms with Crippen molar-refractivity contribution in [1.82, 2.24) is 10.2 Å². The van der Waals surface area contributed by atoms with Gasteiger partial charge in [-0.1, -0.05) is 41.9 Å². The molecular formula is C21H23ClN2O2S. The highest BCUT2D eigenvalue weighted by molar-refractivity contribution is 8.00. The summed E-state index contributed by atoms with van der Waals surface area (Å²) in [6, 6.07) is 16.9. The number of hydrogen-bond acceptors (Lipinski definition) is 3. The first-order valence-electron chi connectivity index (χ1n) is 9.12. The second-order valence-electron chi connectivity index (χ2n) is 6.60. The zero-order valence-electron chi connectivity index (χ0n) is 15.1. The molecule has 1 atom stereocenters. The third-order valence-corrected chi connectivity index (χ3v) is 5.78. The van der Waals surface area contributed by atoms with Gasteiger partial charge in [-0.2, -0.15) is 0 Å². The summed E-state index contributed by atoms with van der Waals surface area (Å²) in [4.78, 5) is 28.1. The molecule has 1 saturated heterocycles. The van der Waals surface area contributed by atoms with E-state index in [9.17, 15) is 9.59 Å². The number of carbonyl (C=O) groups is 2. The molecule has 0 bridgehead atoms. The summed E-state index contributed by atoms with van der Waals surface area (Å²) in [5.41, 5.74) is 1.04. The van der Waals surface area contributed by atoms with E-state index in [4.69, 9.17) is 11.6 Å². The van der Waals surface area contributed by atoms with Crippen molar-refractivity contribution in [1.29, 1.82) is 0 Å². The number of thioether (sulfide) groups is 1. The predicted molar refractivity (Wildman–Crippen MR) is 110 cm³/mol. The minimum absolute atomic E-state index is 0.000473.